The zero-order valence-corrected chi connectivity index (χ0v) is 10.4. The number of anilines is 1. The van der Waals surface area contributed by atoms with E-state index in [0.717, 1.165) is 6.07 Å². The Morgan fingerprint density at radius 1 is 1.37 bits per heavy atom. The summed E-state index contributed by atoms with van der Waals surface area (Å²) >= 11 is 4.80. The maximum Gasteiger partial charge on any atom is 0.260 e. The van der Waals surface area contributed by atoms with Crippen molar-refractivity contribution in [2.45, 2.75) is 0 Å². The van der Waals surface area contributed by atoms with E-state index in [2.05, 4.69) is 15.5 Å². The summed E-state index contributed by atoms with van der Waals surface area (Å²) in [7, 11) is 0. The van der Waals surface area contributed by atoms with Crippen molar-refractivity contribution in [3.63, 3.8) is 0 Å². The largest absolute Gasteiger partial charge is 0.508 e. The number of benzene rings is 1. The average Bonchev–Trinajstić information content (AvgIpc) is 2.80. The normalized spacial score (nSPS) is 10.1. The van der Waals surface area contributed by atoms with Gasteiger partial charge in [-0.3, -0.25) is 9.89 Å². The third-order valence-electron chi connectivity index (χ3n) is 2.37. The van der Waals surface area contributed by atoms with Crippen LogP contribution in [0.5, 0.6) is 11.5 Å². The smallest absolute Gasteiger partial charge is 0.260 e. The Bertz CT molecular complexity index is 653. The summed E-state index contributed by atoms with van der Waals surface area (Å²) in [6, 6.07) is 3.62. The number of nitrogens with one attached hydrogen (secondary N) is 2. The summed E-state index contributed by atoms with van der Waals surface area (Å²) < 4.78 is 0. The lowest BCUT2D eigenvalue weighted by molar-refractivity contribution is 0.102. The molecular weight excluding hydrogens is 268 g/mol. The molecule has 0 aliphatic carbocycles. The minimum absolute atomic E-state index is 0.0733. The molecular formula is C11H10N4O3S. The number of amides is 1. The summed E-state index contributed by atoms with van der Waals surface area (Å²) in [5, 5.41) is 27.6. The van der Waals surface area contributed by atoms with Gasteiger partial charge in [0, 0.05) is 0 Å². The molecule has 0 aliphatic heterocycles. The van der Waals surface area contributed by atoms with Crippen LogP contribution in [0.2, 0.25) is 0 Å². The Hall–Kier alpha value is -2.61. The molecule has 0 atom stereocenters. The van der Waals surface area contributed by atoms with Gasteiger partial charge in [0.05, 0.1) is 17.3 Å². The quantitative estimate of drug-likeness (QED) is 0.416. The van der Waals surface area contributed by atoms with Crippen LogP contribution in [0, 0.1) is 0 Å². The van der Waals surface area contributed by atoms with E-state index in [-0.39, 0.29) is 27.9 Å². The number of carbonyl (C=O) groups is 1. The van der Waals surface area contributed by atoms with E-state index in [0.29, 0.717) is 5.56 Å². The van der Waals surface area contributed by atoms with Crippen LogP contribution in [0.25, 0.3) is 0 Å². The third-order valence-corrected chi connectivity index (χ3v) is 2.59. The molecule has 7 nitrogen and oxygen atoms in total. The molecule has 0 fully saturated rings. The first-order valence-corrected chi connectivity index (χ1v) is 5.56. The van der Waals surface area contributed by atoms with Crippen molar-refractivity contribution in [1.82, 2.24) is 10.2 Å². The average molecular weight is 278 g/mol. The van der Waals surface area contributed by atoms with Crippen molar-refractivity contribution < 1.29 is 15.0 Å². The first-order valence-electron chi connectivity index (χ1n) is 5.15. The molecule has 0 spiro atoms. The molecule has 2 rings (SSSR count). The van der Waals surface area contributed by atoms with Crippen molar-refractivity contribution in [3.8, 4) is 11.5 Å². The number of H-pyrrole nitrogens is 1. The highest BCUT2D eigenvalue weighted by Gasteiger charge is 2.15. The van der Waals surface area contributed by atoms with Crippen LogP contribution in [0.4, 0.5) is 5.82 Å². The van der Waals surface area contributed by atoms with Gasteiger partial charge in [-0.2, -0.15) is 5.10 Å². The number of nitrogens with two attached hydrogens (primary N) is 1. The van der Waals surface area contributed by atoms with E-state index >= 15 is 0 Å². The monoisotopic (exact) mass is 278 g/mol. The second-order valence-electron chi connectivity index (χ2n) is 3.68. The number of phenolic OH excluding ortho intramolecular Hbond substituents is 2. The summed E-state index contributed by atoms with van der Waals surface area (Å²) in [6.07, 6.45) is 1.38. The molecule has 1 aromatic heterocycles. The zero-order chi connectivity index (χ0) is 14.0. The summed E-state index contributed by atoms with van der Waals surface area (Å²) in [4.78, 5) is 12.0. The van der Waals surface area contributed by atoms with Gasteiger partial charge in [-0.1, -0.05) is 12.2 Å². The van der Waals surface area contributed by atoms with Crippen LogP contribution in [0.15, 0.2) is 24.4 Å². The molecule has 1 aromatic carbocycles. The Balaban J connectivity index is 2.28. The van der Waals surface area contributed by atoms with Gasteiger partial charge >= 0.3 is 0 Å². The molecule has 0 aliphatic rings. The number of thiocarbonyl (C=S) groups is 1. The van der Waals surface area contributed by atoms with Crippen molar-refractivity contribution in [3.05, 3.63) is 35.5 Å². The number of hydrogen-bond donors (Lipinski definition) is 5. The fourth-order valence-corrected chi connectivity index (χ4v) is 1.61. The maximum absolute atomic E-state index is 11.9. The van der Waals surface area contributed by atoms with Crippen LogP contribution in [0.3, 0.4) is 0 Å². The van der Waals surface area contributed by atoms with E-state index in [9.17, 15) is 15.0 Å². The van der Waals surface area contributed by atoms with Crippen LogP contribution < -0.4 is 11.1 Å². The van der Waals surface area contributed by atoms with Gasteiger partial charge in [-0.25, -0.2) is 0 Å². The highest BCUT2D eigenvalue weighted by Crippen LogP contribution is 2.23. The number of rotatable bonds is 3. The summed E-state index contributed by atoms with van der Waals surface area (Å²) in [6.45, 7) is 0. The number of nitrogens with zero attached hydrogens (tertiary/aromatic N) is 1. The minimum atomic E-state index is -0.629. The lowest BCUT2D eigenvalue weighted by Gasteiger charge is -2.07. The number of aromatic amines is 1. The van der Waals surface area contributed by atoms with E-state index in [4.69, 9.17) is 18.0 Å². The molecule has 8 heteroatoms. The lowest BCUT2D eigenvalue weighted by atomic mass is 10.1. The van der Waals surface area contributed by atoms with Gasteiger partial charge in [0.25, 0.3) is 5.91 Å². The Kier molecular flexibility index (Phi) is 3.34. The predicted molar refractivity (Wildman–Crippen MR) is 72.2 cm³/mol. The van der Waals surface area contributed by atoms with Gasteiger partial charge in [-0.15, -0.1) is 0 Å². The Labute approximate surface area is 113 Å². The first kappa shape index (κ1) is 12.8. The molecule has 0 radical (unpaired) electrons. The molecule has 2 aromatic rings. The molecule has 0 saturated heterocycles. The molecule has 0 unspecified atom stereocenters. The molecule has 19 heavy (non-hydrogen) atoms. The second-order valence-corrected chi connectivity index (χ2v) is 4.12. The third kappa shape index (κ3) is 2.63. The maximum atomic E-state index is 11.9. The van der Waals surface area contributed by atoms with Crippen molar-refractivity contribution in [2.24, 2.45) is 5.73 Å². The van der Waals surface area contributed by atoms with E-state index in [1.807, 2.05) is 0 Å². The van der Waals surface area contributed by atoms with Gasteiger partial charge in [0.1, 0.15) is 22.3 Å². The summed E-state index contributed by atoms with van der Waals surface area (Å²) in [5.41, 5.74) is 5.76. The molecule has 0 saturated carbocycles. The summed E-state index contributed by atoms with van der Waals surface area (Å²) in [5.74, 6) is -0.802. The second kappa shape index (κ2) is 4.94. The standard InChI is InChI=1S/C11H10N4O3S/c12-9(19)7-4-13-15-10(7)14-11(18)6-3-5(16)1-2-8(6)17/h1-4,16-17H,(H2,12,19)(H2,13,14,15,18). The predicted octanol–water partition coefficient (Wildman–Crippen LogP) is 0.707. The topological polar surface area (TPSA) is 124 Å². The van der Waals surface area contributed by atoms with Gasteiger partial charge < -0.3 is 21.3 Å². The molecule has 6 N–H and O–H groups in total. The van der Waals surface area contributed by atoms with Gasteiger partial charge in [0.15, 0.2) is 0 Å². The lowest BCUT2D eigenvalue weighted by Crippen LogP contribution is -2.17. The van der Waals surface area contributed by atoms with E-state index in [1.165, 1.54) is 18.3 Å². The number of aromatic nitrogens is 2. The van der Waals surface area contributed by atoms with Crippen LogP contribution in [-0.4, -0.2) is 31.3 Å². The van der Waals surface area contributed by atoms with E-state index in [1.54, 1.807) is 0 Å². The molecule has 98 valence electrons. The molecule has 0 bridgehead atoms. The highest BCUT2D eigenvalue weighted by atomic mass is 32.1. The van der Waals surface area contributed by atoms with Crippen molar-refractivity contribution in [2.75, 3.05) is 5.32 Å². The van der Waals surface area contributed by atoms with Gasteiger partial charge in [0.2, 0.25) is 0 Å². The van der Waals surface area contributed by atoms with Gasteiger partial charge in [-0.05, 0) is 18.2 Å². The Morgan fingerprint density at radius 2 is 2.11 bits per heavy atom. The Morgan fingerprint density at radius 3 is 2.79 bits per heavy atom. The number of hydrogen-bond acceptors (Lipinski definition) is 5. The number of aromatic hydroxyl groups is 2. The van der Waals surface area contributed by atoms with Crippen LogP contribution >= 0.6 is 12.2 Å². The fourth-order valence-electron chi connectivity index (χ4n) is 1.46. The fraction of sp³-hybridized carbons (Fsp3) is 0. The van der Waals surface area contributed by atoms with E-state index < -0.39 is 5.91 Å². The van der Waals surface area contributed by atoms with Crippen LogP contribution in [0.1, 0.15) is 15.9 Å². The minimum Gasteiger partial charge on any atom is -0.508 e. The number of carbonyl (C=O) groups excluding carboxylic acids is 1. The first-order chi connectivity index (χ1) is 8.99. The van der Waals surface area contributed by atoms with Crippen molar-refractivity contribution in [1.29, 1.82) is 0 Å². The molecule has 1 heterocycles. The SMILES string of the molecule is NC(=S)c1cn[nH]c1NC(=O)c1cc(O)ccc1O. The van der Waals surface area contributed by atoms with Crippen molar-refractivity contribution >= 4 is 28.9 Å². The zero-order valence-electron chi connectivity index (χ0n) is 9.54. The number of phenols is 2. The highest BCUT2D eigenvalue weighted by molar-refractivity contribution is 7.80. The molecule has 1 amide bonds. The van der Waals surface area contributed by atoms with Crippen LogP contribution in [-0.2, 0) is 0 Å².